The number of aryl methyl sites for hydroxylation is 1. The lowest BCUT2D eigenvalue weighted by Gasteiger charge is -2.18. The van der Waals surface area contributed by atoms with Crippen LogP contribution in [0.4, 0.5) is 5.69 Å². The van der Waals surface area contributed by atoms with Crippen molar-refractivity contribution in [3.63, 3.8) is 0 Å². The van der Waals surface area contributed by atoms with Crippen LogP contribution < -0.4 is 16.4 Å². The monoisotopic (exact) mass is 291 g/mol. The number of anilines is 1. The van der Waals surface area contributed by atoms with Crippen molar-refractivity contribution in [1.29, 1.82) is 0 Å². The molecule has 0 bridgehead atoms. The maximum Gasteiger partial charge on any atom is 0.251 e. The molecule has 0 aromatic heterocycles. The molecule has 1 aromatic carbocycles. The minimum Gasteiger partial charge on any atom is -0.352 e. The molecule has 0 fully saturated rings. The third-order valence-electron chi connectivity index (χ3n) is 3.10. The summed E-state index contributed by atoms with van der Waals surface area (Å²) in [5.74, 6) is -0.175. The molecule has 5 nitrogen and oxygen atoms in total. The van der Waals surface area contributed by atoms with Crippen molar-refractivity contribution < 1.29 is 9.59 Å². The number of hydrogen-bond acceptors (Lipinski definition) is 3. The average Bonchev–Trinajstić information content (AvgIpc) is 2.38. The molecule has 0 radical (unpaired) electrons. The van der Waals surface area contributed by atoms with E-state index in [1.165, 1.54) is 0 Å². The number of carbonyl (C=O) groups excluding carboxylic acids is 2. The van der Waals surface area contributed by atoms with Crippen LogP contribution in [-0.2, 0) is 4.79 Å². The van der Waals surface area contributed by atoms with E-state index in [-0.39, 0.29) is 17.4 Å². The third-order valence-corrected chi connectivity index (χ3v) is 3.10. The standard InChI is InChI=1S/C16H25N3O2/c1-5-18-15(21)12-6-7-13(11(2)10-12)19-14(20)8-9-16(3,4)17/h6-7,10H,5,8-9,17H2,1-4H3,(H,18,21)(H,19,20). The fraction of sp³-hybridized carbons (Fsp3) is 0.500. The van der Waals surface area contributed by atoms with E-state index < -0.39 is 0 Å². The predicted molar refractivity (Wildman–Crippen MR) is 85.3 cm³/mol. The first kappa shape index (κ1) is 17.2. The maximum atomic E-state index is 11.9. The second-order valence-electron chi connectivity index (χ2n) is 5.93. The minimum absolute atomic E-state index is 0.0672. The van der Waals surface area contributed by atoms with Crippen molar-refractivity contribution in [3.8, 4) is 0 Å². The molecule has 1 aromatic rings. The van der Waals surface area contributed by atoms with Crippen LogP contribution in [0.3, 0.4) is 0 Å². The number of hydrogen-bond donors (Lipinski definition) is 3. The summed E-state index contributed by atoms with van der Waals surface area (Å²) in [6.45, 7) is 8.12. The molecule has 21 heavy (non-hydrogen) atoms. The van der Waals surface area contributed by atoms with Crippen molar-refractivity contribution in [2.45, 2.75) is 46.1 Å². The van der Waals surface area contributed by atoms with E-state index in [9.17, 15) is 9.59 Å². The normalized spacial score (nSPS) is 11.1. The summed E-state index contributed by atoms with van der Waals surface area (Å²) in [6, 6.07) is 5.24. The first-order valence-electron chi connectivity index (χ1n) is 7.20. The SMILES string of the molecule is CCNC(=O)c1ccc(NC(=O)CCC(C)(C)N)c(C)c1. The molecular weight excluding hydrogens is 266 g/mol. The van der Waals surface area contributed by atoms with Crippen LogP contribution in [0.1, 0.15) is 49.5 Å². The Bertz CT molecular complexity index is 519. The van der Waals surface area contributed by atoms with Gasteiger partial charge >= 0.3 is 0 Å². The number of benzene rings is 1. The average molecular weight is 291 g/mol. The van der Waals surface area contributed by atoms with Gasteiger partial charge in [-0.25, -0.2) is 0 Å². The fourth-order valence-corrected chi connectivity index (χ4v) is 1.86. The Kier molecular flexibility index (Phi) is 5.90. The zero-order chi connectivity index (χ0) is 16.0. The predicted octanol–water partition coefficient (Wildman–Crippen LogP) is 2.20. The Labute approximate surface area is 126 Å². The van der Waals surface area contributed by atoms with Gasteiger partial charge in [-0.2, -0.15) is 0 Å². The Balaban J connectivity index is 2.68. The van der Waals surface area contributed by atoms with Crippen molar-refractivity contribution >= 4 is 17.5 Å². The molecule has 0 atom stereocenters. The minimum atomic E-state index is -0.353. The Morgan fingerprint density at radius 3 is 2.48 bits per heavy atom. The van der Waals surface area contributed by atoms with Gasteiger partial charge in [-0.15, -0.1) is 0 Å². The Hall–Kier alpha value is -1.88. The van der Waals surface area contributed by atoms with Gasteiger partial charge in [0.15, 0.2) is 0 Å². The van der Waals surface area contributed by atoms with Crippen molar-refractivity contribution in [2.24, 2.45) is 5.73 Å². The van der Waals surface area contributed by atoms with Crippen LogP contribution in [0.2, 0.25) is 0 Å². The molecule has 0 saturated heterocycles. The summed E-state index contributed by atoms with van der Waals surface area (Å²) in [5.41, 5.74) is 7.69. The molecule has 0 aliphatic rings. The van der Waals surface area contributed by atoms with Crippen LogP contribution in [0, 0.1) is 6.92 Å². The molecule has 0 saturated carbocycles. The molecule has 116 valence electrons. The van der Waals surface area contributed by atoms with Gasteiger partial charge in [0.05, 0.1) is 0 Å². The number of nitrogens with two attached hydrogens (primary N) is 1. The lowest BCUT2D eigenvalue weighted by Crippen LogP contribution is -2.33. The number of carbonyl (C=O) groups is 2. The van der Waals surface area contributed by atoms with Crippen LogP contribution in [-0.4, -0.2) is 23.9 Å². The van der Waals surface area contributed by atoms with Crippen LogP contribution in [0.5, 0.6) is 0 Å². The van der Waals surface area contributed by atoms with E-state index in [1.807, 2.05) is 27.7 Å². The number of amides is 2. The molecule has 5 heteroatoms. The summed E-state index contributed by atoms with van der Waals surface area (Å²) in [6.07, 6.45) is 0.996. The van der Waals surface area contributed by atoms with E-state index >= 15 is 0 Å². The molecule has 2 amide bonds. The van der Waals surface area contributed by atoms with Gasteiger partial charge in [0.2, 0.25) is 5.91 Å². The molecule has 0 heterocycles. The first-order chi connectivity index (χ1) is 9.73. The van der Waals surface area contributed by atoms with E-state index in [0.717, 1.165) is 11.3 Å². The van der Waals surface area contributed by atoms with Crippen LogP contribution in [0.25, 0.3) is 0 Å². The second kappa shape index (κ2) is 7.22. The zero-order valence-corrected chi connectivity index (χ0v) is 13.2. The largest absolute Gasteiger partial charge is 0.352 e. The molecule has 0 unspecified atom stereocenters. The molecule has 1 rings (SSSR count). The quantitative estimate of drug-likeness (QED) is 0.751. The van der Waals surface area contributed by atoms with E-state index in [2.05, 4.69) is 10.6 Å². The summed E-state index contributed by atoms with van der Waals surface area (Å²) in [4.78, 5) is 23.6. The lowest BCUT2D eigenvalue weighted by atomic mass is 10.00. The Morgan fingerprint density at radius 2 is 1.95 bits per heavy atom. The molecule has 0 aliphatic carbocycles. The number of nitrogens with one attached hydrogen (secondary N) is 2. The van der Waals surface area contributed by atoms with Crippen LogP contribution in [0.15, 0.2) is 18.2 Å². The summed E-state index contributed by atoms with van der Waals surface area (Å²) in [7, 11) is 0. The van der Waals surface area contributed by atoms with Gasteiger partial charge in [0.1, 0.15) is 0 Å². The van der Waals surface area contributed by atoms with E-state index in [4.69, 9.17) is 5.73 Å². The summed E-state index contributed by atoms with van der Waals surface area (Å²) < 4.78 is 0. The highest BCUT2D eigenvalue weighted by Gasteiger charge is 2.14. The van der Waals surface area contributed by atoms with Gasteiger partial charge < -0.3 is 16.4 Å². The van der Waals surface area contributed by atoms with Gasteiger partial charge in [-0.1, -0.05) is 0 Å². The molecular formula is C16H25N3O2. The van der Waals surface area contributed by atoms with Crippen molar-refractivity contribution in [2.75, 3.05) is 11.9 Å². The van der Waals surface area contributed by atoms with Crippen molar-refractivity contribution in [1.82, 2.24) is 5.32 Å². The Morgan fingerprint density at radius 1 is 1.29 bits per heavy atom. The lowest BCUT2D eigenvalue weighted by molar-refractivity contribution is -0.116. The van der Waals surface area contributed by atoms with Gasteiger partial charge in [0, 0.05) is 29.8 Å². The number of rotatable bonds is 6. The second-order valence-corrected chi connectivity index (χ2v) is 5.93. The molecule has 0 spiro atoms. The van der Waals surface area contributed by atoms with Gasteiger partial charge in [-0.3, -0.25) is 9.59 Å². The summed E-state index contributed by atoms with van der Waals surface area (Å²) in [5, 5.41) is 5.60. The smallest absolute Gasteiger partial charge is 0.251 e. The van der Waals surface area contributed by atoms with Gasteiger partial charge in [0.25, 0.3) is 5.91 Å². The molecule has 0 aliphatic heterocycles. The van der Waals surface area contributed by atoms with Crippen molar-refractivity contribution in [3.05, 3.63) is 29.3 Å². The summed E-state index contributed by atoms with van der Waals surface area (Å²) >= 11 is 0. The highest BCUT2D eigenvalue weighted by Crippen LogP contribution is 2.17. The van der Waals surface area contributed by atoms with Gasteiger partial charge in [-0.05, 0) is 57.9 Å². The van der Waals surface area contributed by atoms with Crippen LogP contribution >= 0.6 is 0 Å². The zero-order valence-electron chi connectivity index (χ0n) is 13.2. The topological polar surface area (TPSA) is 84.2 Å². The fourth-order valence-electron chi connectivity index (χ4n) is 1.86. The van der Waals surface area contributed by atoms with E-state index in [1.54, 1.807) is 18.2 Å². The first-order valence-corrected chi connectivity index (χ1v) is 7.20. The highest BCUT2D eigenvalue weighted by molar-refractivity contribution is 5.96. The molecule has 4 N–H and O–H groups in total. The highest BCUT2D eigenvalue weighted by atomic mass is 16.2. The van der Waals surface area contributed by atoms with E-state index in [0.29, 0.717) is 24.9 Å². The maximum absolute atomic E-state index is 11.9. The third kappa shape index (κ3) is 5.95.